The second-order valence-electron chi connectivity index (χ2n) is 4.33. The van der Waals surface area contributed by atoms with E-state index in [0.717, 1.165) is 11.3 Å². The standard InChI is InChI=1S/C11H20F3N3O2/c1-4-5-15-6-9(18)17(8-11(12,13)14)7-10(19)16(2)3/h15H,4-8H2,1-3H3. The highest BCUT2D eigenvalue weighted by Crippen LogP contribution is 2.16. The monoisotopic (exact) mass is 283 g/mol. The summed E-state index contributed by atoms with van der Waals surface area (Å²) in [6, 6.07) is 0. The largest absolute Gasteiger partial charge is 0.406 e. The lowest BCUT2D eigenvalue weighted by Crippen LogP contribution is -2.47. The molecule has 0 aromatic heterocycles. The van der Waals surface area contributed by atoms with Crippen LogP contribution in [0.5, 0.6) is 0 Å². The summed E-state index contributed by atoms with van der Waals surface area (Å²) >= 11 is 0. The molecule has 0 spiro atoms. The third kappa shape index (κ3) is 8.41. The van der Waals surface area contributed by atoms with Crippen LogP contribution in [0.1, 0.15) is 13.3 Å². The van der Waals surface area contributed by atoms with Gasteiger partial charge < -0.3 is 15.1 Å². The Labute approximate surface area is 110 Å². The molecule has 0 atom stereocenters. The van der Waals surface area contributed by atoms with Crippen LogP contribution in [0.3, 0.4) is 0 Å². The maximum atomic E-state index is 12.4. The molecule has 0 aliphatic heterocycles. The van der Waals surface area contributed by atoms with Gasteiger partial charge in [0.25, 0.3) is 0 Å². The maximum absolute atomic E-state index is 12.4. The molecular formula is C11H20F3N3O2. The van der Waals surface area contributed by atoms with E-state index in [1.165, 1.54) is 14.1 Å². The SMILES string of the molecule is CCCNCC(=O)N(CC(=O)N(C)C)CC(F)(F)F. The van der Waals surface area contributed by atoms with Gasteiger partial charge in [-0.3, -0.25) is 9.59 Å². The Morgan fingerprint density at radius 2 is 1.74 bits per heavy atom. The molecule has 0 aromatic carbocycles. The molecule has 2 amide bonds. The lowest BCUT2D eigenvalue weighted by molar-refractivity contribution is -0.163. The quantitative estimate of drug-likeness (QED) is 0.691. The summed E-state index contributed by atoms with van der Waals surface area (Å²) in [5.41, 5.74) is 0. The van der Waals surface area contributed by atoms with Crippen LogP contribution in [-0.4, -0.2) is 68.1 Å². The minimum atomic E-state index is -4.52. The number of hydrogen-bond acceptors (Lipinski definition) is 3. The fraction of sp³-hybridized carbons (Fsp3) is 0.818. The van der Waals surface area contributed by atoms with Crippen LogP contribution >= 0.6 is 0 Å². The summed E-state index contributed by atoms with van der Waals surface area (Å²) in [6.07, 6.45) is -3.75. The number of alkyl halides is 3. The smallest absolute Gasteiger partial charge is 0.347 e. The van der Waals surface area contributed by atoms with Gasteiger partial charge in [-0.1, -0.05) is 6.92 Å². The number of nitrogens with zero attached hydrogens (tertiary/aromatic N) is 2. The summed E-state index contributed by atoms with van der Waals surface area (Å²) in [6.45, 7) is 0.219. The Morgan fingerprint density at radius 3 is 2.16 bits per heavy atom. The molecule has 0 radical (unpaired) electrons. The lowest BCUT2D eigenvalue weighted by Gasteiger charge is -2.25. The topological polar surface area (TPSA) is 52.7 Å². The van der Waals surface area contributed by atoms with E-state index in [-0.39, 0.29) is 6.54 Å². The van der Waals surface area contributed by atoms with Gasteiger partial charge in [0.05, 0.1) is 6.54 Å². The first-order chi connectivity index (χ1) is 8.67. The van der Waals surface area contributed by atoms with Gasteiger partial charge in [-0.15, -0.1) is 0 Å². The summed E-state index contributed by atoms with van der Waals surface area (Å²) in [5, 5.41) is 2.72. The average molecular weight is 283 g/mol. The zero-order valence-electron chi connectivity index (χ0n) is 11.4. The van der Waals surface area contributed by atoms with E-state index >= 15 is 0 Å². The van der Waals surface area contributed by atoms with Crippen LogP contribution in [0.4, 0.5) is 13.2 Å². The van der Waals surface area contributed by atoms with Crippen LogP contribution in [0.2, 0.25) is 0 Å². The Hall–Kier alpha value is -1.31. The summed E-state index contributed by atoms with van der Waals surface area (Å²) in [4.78, 5) is 24.7. The van der Waals surface area contributed by atoms with E-state index in [1.807, 2.05) is 6.92 Å². The molecule has 0 rings (SSSR count). The van der Waals surface area contributed by atoms with E-state index in [0.29, 0.717) is 11.4 Å². The minimum Gasteiger partial charge on any atom is -0.347 e. The van der Waals surface area contributed by atoms with Gasteiger partial charge >= 0.3 is 6.18 Å². The lowest BCUT2D eigenvalue weighted by atomic mass is 10.3. The summed E-state index contributed by atoms with van der Waals surface area (Å²) in [7, 11) is 2.85. The van der Waals surface area contributed by atoms with Gasteiger partial charge in [0, 0.05) is 14.1 Å². The predicted octanol–water partition coefficient (Wildman–Crippen LogP) is 0.465. The molecule has 5 nitrogen and oxygen atoms in total. The van der Waals surface area contributed by atoms with Crippen molar-refractivity contribution in [3.05, 3.63) is 0 Å². The van der Waals surface area contributed by atoms with Gasteiger partial charge in [-0.2, -0.15) is 13.2 Å². The number of rotatable bonds is 7. The summed E-state index contributed by atoms with van der Waals surface area (Å²) in [5.74, 6) is -1.28. The number of carbonyl (C=O) groups is 2. The van der Waals surface area contributed by atoms with Crippen molar-refractivity contribution in [1.29, 1.82) is 0 Å². The van der Waals surface area contributed by atoms with Crippen molar-refractivity contribution in [2.75, 3.05) is 40.3 Å². The van der Waals surface area contributed by atoms with E-state index in [1.54, 1.807) is 0 Å². The van der Waals surface area contributed by atoms with Crippen LogP contribution in [0.25, 0.3) is 0 Å². The Kier molecular flexibility index (Phi) is 7.43. The van der Waals surface area contributed by atoms with Crippen molar-refractivity contribution in [1.82, 2.24) is 15.1 Å². The molecule has 112 valence electrons. The van der Waals surface area contributed by atoms with E-state index in [9.17, 15) is 22.8 Å². The normalized spacial score (nSPS) is 11.3. The molecule has 8 heteroatoms. The van der Waals surface area contributed by atoms with Crippen molar-refractivity contribution in [2.45, 2.75) is 19.5 Å². The van der Waals surface area contributed by atoms with Crippen LogP contribution in [0, 0.1) is 0 Å². The molecule has 1 N–H and O–H groups in total. The molecular weight excluding hydrogens is 263 g/mol. The number of nitrogens with one attached hydrogen (secondary N) is 1. The van der Waals surface area contributed by atoms with Crippen molar-refractivity contribution < 1.29 is 22.8 Å². The second-order valence-corrected chi connectivity index (χ2v) is 4.33. The molecule has 0 heterocycles. The number of likely N-dealkylation sites (N-methyl/N-ethyl adjacent to an activating group) is 1. The zero-order chi connectivity index (χ0) is 15.1. The van der Waals surface area contributed by atoms with Crippen molar-refractivity contribution >= 4 is 11.8 Å². The predicted molar refractivity (Wildman–Crippen MR) is 64.5 cm³/mol. The Balaban J connectivity index is 4.57. The highest BCUT2D eigenvalue weighted by molar-refractivity contribution is 5.85. The molecule has 0 fully saturated rings. The third-order valence-electron chi connectivity index (χ3n) is 2.25. The van der Waals surface area contributed by atoms with Crippen LogP contribution in [0.15, 0.2) is 0 Å². The van der Waals surface area contributed by atoms with Gasteiger partial charge in [0.15, 0.2) is 0 Å². The maximum Gasteiger partial charge on any atom is 0.406 e. The Morgan fingerprint density at radius 1 is 1.16 bits per heavy atom. The van der Waals surface area contributed by atoms with Crippen LogP contribution < -0.4 is 5.32 Å². The first-order valence-electron chi connectivity index (χ1n) is 5.92. The van der Waals surface area contributed by atoms with E-state index < -0.39 is 31.1 Å². The number of halogens is 3. The van der Waals surface area contributed by atoms with E-state index in [2.05, 4.69) is 5.32 Å². The molecule has 0 aromatic rings. The van der Waals surface area contributed by atoms with Crippen LogP contribution in [-0.2, 0) is 9.59 Å². The van der Waals surface area contributed by atoms with Crippen molar-refractivity contribution in [3.63, 3.8) is 0 Å². The van der Waals surface area contributed by atoms with E-state index in [4.69, 9.17) is 0 Å². The van der Waals surface area contributed by atoms with Gasteiger partial charge in [0.2, 0.25) is 11.8 Å². The zero-order valence-corrected chi connectivity index (χ0v) is 11.4. The third-order valence-corrected chi connectivity index (χ3v) is 2.25. The average Bonchev–Trinajstić information content (AvgIpc) is 2.26. The highest BCUT2D eigenvalue weighted by Gasteiger charge is 2.33. The number of hydrogen-bond donors (Lipinski definition) is 1. The van der Waals surface area contributed by atoms with Gasteiger partial charge in [-0.25, -0.2) is 0 Å². The molecule has 0 saturated carbocycles. The second kappa shape index (κ2) is 7.98. The minimum absolute atomic E-state index is 0.204. The fourth-order valence-corrected chi connectivity index (χ4v) is 1.24. The van der Waals surface area contributed by atoms with Gasteiger partial charge in [0.1, 0.15) is 13.1 Å². The molecule has 0 unspecified atom stereocenters. The van der Waals surface area contributed by atoms with Gasteiger partial charge in [-0.05, 0) is 13.0 Å². The molecule has 0 saturated heterocycles. The molecule has 0 aliphatic rings. The Bertz CT molecular complexity index is 306. The molecule has 19 heavy (non-hydrogen) atoms. The summed E-state index contributed by atoms with van der Waals surface area (Å²) < 4.78 is 37.1. The fourth-order valence-electron chi connectivity index (χ4n) is 1.24. The van der Waals surface area contributed by atoms with Crippen molar-refractivity contribution in [3.8, 4) is 0 Å². The highest BCUT2D eigenvalue weighted by atomic mass is 19.4. The number of amides is 2. The first kappa shape index (κ1) is 17.7. The number of carbonyl (C=O) groups excluding carboxylic acids is 2. The first-order valence-corrected chi connectivity index (χ1v) is 5.92. The van der Waals surface area contributed by atoms with Crippen molar-refractivity contribution in [2.24, 2.45) is 0 Å². The molecule has 0 bridgehead atoms. The molecule has 0 aliphatic carbocycles.